The molecule has 0 aliphatic carbocycles. The Kier molecular flexibility index (Phi) is 6.49. The molecule has 0 fully saturated rings. The normalized spacial score (nSPS) is 12.5. The van der Waals surface area contributed by atoms with E-state index >= 15 is 0 Å². The van der Waals surface area contributed by atoms with Gasteiger partial charge < -0.3 is 4.74 Å². The molecular formula is C16H10F8N2O4S. The predicted octanol–water partition coefficient (Wildman–Crippen LogP) is 3.67. The summed E-state index contributed by atoms with van der Waals surface area (Å²) in [6, 6.07) is 0.946. The van der Waals surface area contributed by atoms with Crippen LogP contribution < -0.4 is 9.46 Å². The molecule has 0 aliphatic rings. The lowest BCUT2D eigenvalue weighted by atomic mass is 10.1. The van der Waals surface area contributed by atoms with Gasteiger partial charge in [0.15, 0.2) is 0 Å². The van der Waals surface area contributed by atoms with Gasteiger partial charge in [-0.15, -0.1) is 0 Å². The number of nitrogens with one attached hydrogen (secondary N) is 1. The van der Waals surface area contributed by atoms with Gasteiger partial charge in [-0.25, -0.2) is 26.9 Å². The molecule has 0 unspecified atom stereocenters. The van der Waals surface area contributed by atoms with Gasteiger partial charge in [0.1, 0.15) is 35.4 Å². The molecule has 0 atom stereocenters. The number of carbonyl (C=O) groups is 1. The van der Waals surface area contributed by atoms with Crippen LogP contribution in [-0.2, 0) is 29.0 Å². The molecule has 0 bridgehead atoms. The molecule has 15 heteroatoms. The zero-order valence-corrected chi connectivity index (χ0v) is 15.8. The second kappa shape index (κ2) is 8.28. The SMILES string of the molecule is CS(=O)(=O)NC(=O)c1cc(F)c(COc2cc(C(F)(F)F)nc(C(F)(F)F)c2)cc1F. The lowest BCUT2D eigenvalue weighted by Gasteiger charge is -2.14. The maximum Gasteiger partial charge on any atom is 0.433 e. The summed E-state index contributed by atoms with van der Waals surface area (Å²) in [4.78, 5) is 14.1. The van der Waals surface area contributed by atoms with Crippen LogP contribution >= 0.6 is 0 Å². The van der Waals surface area contributed by atoms with Gasteiger partial charge >= 0.3 is 12.4 Å². The molecule has 1 aromatic carbocycles. The van der Waals surface area contributed by atoms with Crippen LogP contribution in [0.5, 0.6) is 5.75 Å². The molecule has 1 N–H and O–H groups in total. The Balaban J connectivity index is 2.33. The van der Waals surface area contributed by atoms with E-state index in [1.807, 2.05) is 0 Å². The van der Waals surface area contributed by atoms with Crippen molar-refractivity contribution in [3.63, 3.8) is 0 Å². The van der Waals surface area contributed by atoms with Crippen molar-refractivity contribution in [3.8, 4) is 5.75 Å². The first-order valence-corrected chi connectivity index (χ1v) is 9.66. The number of hydrogen-bond donors (Lipinski definition) is 1. The highest BCUT2D eigenvalue weighted by Gasteiger charge is 2.39. The number of hydrogen-bond acceptors (Lipinski definition) is 5. The van der Waals surface area contributed by atoms with Gasteiger partial charge in [-0.1, -0.05) is 0 Å². The Labute approximate surface area is 168 Å². The number of alkyl halides is 6. The highest BCUT2D eigenvalue weighted by Crippen LogP contribution is 2.36. The monoisotopic (exact) mass is 478 g/mol. The van der Waals surface area contributed by atoms with Gasteiger partial charge in [0.25, 0.3) is 5.91 Å². The van der Waals surface area contributed by atoms with Crippen LogP contribution in [0.25, 0.3) is 0 Å². The third kappa shape index (κ3) is 6.50. The number of pyridine rings is 1. The second-order valence-electron chi connectivity index (χ2n) is 5.98. The molecule has 6 nitrogen and oxygen atoms in total. The molecule has 0 saturated heterocycles. The van der Waals surface area contributed by atoms with Crippen LogP contribution in [-0.4, -0.2) is 25.6 Å². The summed E-state index contributed by atoms with van der Waals surface area (Å²) in [6.07, 6.45) is -9.91. The highest BCUT2D eigenvalue weighted by atomic mass is 32.2. The van der Waals surface area contributed by atoms with Crippen molar-refractivity contribution in [2.75, 3.05) is 6.26 Å². The van der Waals surface area contributed by atoms with E-state index in [0.717, 1.165) is 0 Å². The van der Waals surface area contributed by atoms with E-state index < -0.39 is 74.8 Å². The number of rotatable bonds is 5. The number of halogens is 8. The Hall–Kier alpha value is -2.97. The molecule has 1 aromatic heterocycles. The fourth-order valence-electron chi connectivity index (χ4n) is 2.14. The summed E-state index contributed by atoms with van der Waals surface area (Å²) in [5.41, 5.74) is -5.52. The number of carbonyl (C=O) groups excluding carboxylic acids is 1. The maximum atomic E-state index is 14.1. The molecule has 1 amide bonds. The zero-order chi connectivity index (χ0) is 23.8. The van der Waals surface area contributed by atoms with E-state index in [4.69, 9.17) is 4.74 Å². The molecule has 0 saturated carbocycles. The number of amides is 1. The van der Waals surface area contributed by atoms with E-state index in [2.05, 4.69) is 4.98 Å². The summed E-state index contributed by atoms with van der Waals surface area (Å²) >= 11 is 0. The minimum absolute atomic E-state index is 0.136. The fourth-order valence-corrected chi connectivity index (χ4v) is 2.58. The average Bonchev–Trinajstić information content (AvgIpc) is 2.58. The highest BCUT2D eigenvalue weighted by molar-refractivity contribution is 7.89. The molecule has 1 heterocycles. The quantitative estimate of drug-likeness (QED) is 0.664. The zero-order valence-electron chi connectivity index (χ0n) is 15.0. The number of sulfonamides is 1. The van der Waals surface area contributed by atoms with Gasteiger partial charge in [0.05, 0.1) is 11.8 Å². The van der Waals surface area contributed by atoms with E-state index in [1.54, 1.807) is 0 Å². The third-order valence-electron chi connectivity index (χ3n) is 3.43. The van der Waals surface area contributed by atoms with Crippen molar-refractivity contribution in [1.82, 2.24) is 9.71 Å². The van der Waals surface area contributed by atoms with E-state index in [1.165, 1.54) is 4.72 Å². The van der Waals surface area contributed by atoms with Crippen LogP contribution in [0, 0.1) is 11.6 Å². The summed E-state index contributed by atoms with van der Waals surface area (Å²) in [5, 5.41) is 0. The van der Waals surface area contributed by atoms with E-state index in [-0.39, 0.29) is 12.1 Å². The Morgan fingerprint density at radius 2 is 1.48 bits per heavy atom. The van der Waals surface area contributed by atoms with Crippen LogP contribution in [0.4, 0.5) is 35.1 Å². The number of nitrogens with zero attached hydrogens (tertiary/aromatic N) is 1. The van der Waals surface area contributed by atoms with Crippen molar-refractivity contribution >= 4 is 15.9 Å². The molecule has 31 heavy (non-hydrogen) atoms. The van der Waals surface area contributed by atoms with Crippen LogP contribution in [0.1, 0.15) is 27.3 Å². The third-order valence-corrected chi connectivity index (χ3v) is 3.99. The first-order valence-electron chi connectivity index (χ1n) is 7.76. The molecule has 2 aromatic rings. The standard InChI is InChI=1S/C16H10F8N2O4S/c1-31(28,29)26-14(27)9-5-10(17)7(2-11(9)18)6-30-8-3-12(15(19,20)21)25-13(4-8)16(22,23)24/h2-5H,6H2,1H3,(H,26,27). The maximum absolute atomic E-state index is 14.1. The topological polar surface area (TPSA) is 85.4 Å². The first kappa shape index (κ1) is 24.3. The largest absolute Gasteiger partial charge is 0.489 e. The minimum atomic E-state index is -5.24. The number of benzene rings is 1. The molecule has 0 spiro atoms. The Morgan fingerprint density at radius 3 is 1.94 bits per heavy atom. The molecule has 170 valence electrons. The number of ether oxygens (including phenoxy) is 1. The van der Waals surface area contributed by atoms with Crippen LogP contribution in [0.2, 0.25) is 0 Å². The van der Waals surface area contributed by atoms with Gasteiger partial charge in [-0.05, 0) is 12.1 Å². The number of aromatic nitrogens is 1. The molecule has 0 aliphatic heterocycles. The Bertz CT molecular complexity index is 1080. The molecule has 0 radical (unpaired) electrons. The molecule has 2 rings (SSSR count). The van der Waals surface area contributed by atoms with E-state index in [9.17, 15) is 48.3 Å². The summed E-state index contributed by atoms with van der Waals surface area (Å²) in [6.45, 7) is -1.02. The van der Waals surface area contributed by atoms with Crippen molar-refractivity contribution in [2.45, 2.75) is 19.0 Å². The van der Waals surface area contributed by atoms with Crippen molar-refractivity contribution < 1.29 is 53.1 Å². The van der Waals surface area contributed by atoms with Gasteiger partial charge in [0.2, 0.25) is 10.0 Å². The molecular weight excluding hydrogens is 468 g/mol. The summed E-state index contributed by atoms with van der Waals surface area (Å²) in [5.74, 6) is -5.22. The summed E-state index contributed by atoms with van der Waals surface area (Å²) < 4.78 is 133. The Morgan fingerprint density at radius 1 is 0.968 bits per heavy atom. The lowest BCUT2D eigenvalue weighted by Crippen LogP contribution is -2.30. The summed E-state index contributed by atoms with van der Waals surface area (Å²) in [7, 11) is -4.09. The van der Waals surface area contributed by atoms with Crippen LogP contribution in [0.15, 0.2) is 24.3 Å². The van der Waals surface area contributed by atoms with E-state index in [0.29, 0.717) is 18.4 Å². The minimum Gasteiger partial charge on any atom is -0.489 e. The van der Waals surface area contributed by atoms with Crippen molar-refractivity contribution in [1.29, 1.82) is 0 Å². The lowest BCUT2D eigenvalue weighted by molar-refractivity contribution is -0.150. The van der Waals surface area contributed by atoms with Gasteiger partial charge in [-0.3, -0.25) is 4.79 Å². The van der Waals surface area contributed by atoms with Gasteiger partial charge in [-0.2, -0.15) is 26.3 Å². The van der Waals surface area contributed by atoms with Gasteiger partial charge in [0, 0.05) is 17.7 Å². The second-order valence-corrected chi connectivity index (χ2v) is 7.73. The van der Waals surface area contributed by atoms with Crippen molar-refractivity contribution in [3.05, 3.63) is 58.4 Å². The predicted molar refractivity (Wildman–Crippen MR) is 87.2 cm³/mol. The van der Waals surface area contributed by atoms with Crippen LogP contribution in [0.3, 0.4) is 0 Å². The fraction of sp³-hybridized carbons (Fsp3) is 0.250. The average molecular weight is 478 g/mol. The smallest absolute Gasteiger partial charge is 0.433 e. The first-order chi connectivity index (χ1) is 14.0. The van der Waals surface area contributed by atoms with Crippen molar-refractivity contribution in [2.24, 2.45) is 0 Å².